The average Bonchev–Trinajstić information content (AvgIpc) is 2.42. The van der Waals surface area contributed by atoms with Gasteiger partial charge in [0.25, 0.3) is 0 Å². The quantitative estimate of drug-likeness (QED) is 0.708. The van der Waals surface area contributed by atoms with Crippen molar-refractivity contribution in [2.24, 2.45) is 5.92 Å². The van der Waals surface area contributed by atoms with Gasteiger partial charge in [-0.15, -0.1) is 0 Å². The lowest BCUT2D eigenvalue weighted by Crippen LogP contribution is -2.51. The Bertz CT molecular complexity index is 341. The van der Waals surface area contributed by atoms with Crippen molar-refractivity contribution in [1.82, 2.24) is 9.80 Å². The van der Waals surface area contributed by atoms with Gasteiger partial charge in [0, 0.05) is 24.5 Å². The van der Waals surface area contributed by atoms with E-state index < -0.39 is 12.2 Å². The zero-order valence-corrected chi connectivity index (χ0v) is 14.5. The van der Waals surface area contributed by atoms with Gasteiger partial charge in [-0.3, -0.25) is 9.69 Å². The summed E-state index contributed by atoms with van der Waals surface area (Å²) in [4.78, 5) is 16.4. The van der Waals surface area contributed by atoms with E-state index in [1.54, 1.807) is 0 Å². The molecule has 22 heavy (non-hydrogen) atoms. The van der Waals surface area contributed by atoms with E-state index in [9.17, 15) is 15.0 Å². The summed E-state index contributed by atoms with van der Waals surface area (Å²) >= 11 is 0. The number of aliphatic hydroxyl groups excluding tert-OH is 2. The maximum atomic E-state index is 12.5. The van der Waals surface area contributed by atoms with Gasteiger partial charge in [-0.05, 0) is 34.2 Å². The smallest absolute Gasteiger partial charge is 0.237 e. The van der Waals surface area contributed by atoms with Crippen LogP contribution in [0.5, 0.6) is 0 Å². The van der Waals surface area contributed by atoms with Crippen LogP contribution in [0.1, 0.15) is 34.6 Å². The van der Waals surface area contributed by atoms with Crippen LogP contribution in [0.4, 0.5) is 0 Å². The summed E-state index contributed by atoms with van der Waals surface area (Å²) in [6.45, 7) is 12.2. The van der Waals surface area contributed by atoms with Crippen molar-refractivity contribution in [2.75, 3.05) is 32.8 Å². The minimum absolute atomic E-state index is 0.0959. The molecule has 0 aliphatic carbocycles. The monoisotopic (exact) mass is 316 g/mol. The number of hydrogen-bond acceptors (Lipinski definition) is 5. The molecule has 1 saturated heterocycles. The topological polar surface area (TPSA) is 73.2 Å². The normalized spacial score (nSPS) is 26.0. The number of rotatable bonds is 7. The second kappa shape index (κ2) is 8.82. The fourth-order valence-electron chi connectivity index (χ4n) is 3.09. The van der Waals surface area contributed by atoms with E-state index in [0.717, 1.165) is 6.54 Å². The Morgan fingerprint density at radius 3 is 2.27 bits per heavy atom. The molecule has 6 heteroatoms. The lowest BCUT2D eigenvalue weighted by molar-refractivity contribution is -0.139. The Kier molecular flexibility index (Phi) is 7.76. The summed E-state index contributed by atoms with van der Waals surface area (Å²) < 4.78 is 5.31. The van der Waals surface area contributed by atoms with Gasteiger partial charge >= 0.3 is 0 Å². The highest BCUT2D eigenvalue weighted by atomic mass is 16.5. The average molecular weight is 316 g/mol. The van der Waals surface area contributed by atoms with E-state index in [-0.39, 0.29) is 30.5 Å². The second-order valence-corrected chi connectivity index (χ2v) is 6.67. The molecule has 0 unspecified atom stereocenters. The van der Waals surface area contributed by atoms with Gasteiger partial charge in [0.15, 0.2) is 0 Å². The number of carbonyl (C=O) groups is 1. The molecule has 1 fully saturated rings. The fourth-order valence-corrected chi connectivity index (χ4v) is 3.09. The SMILES string of the molecule is CCN(CC(=O)N(C(C)C)C(C)C)C[C@@H]1COC[C@@H](O)[C@H]1O. The third-order valence-corrected chi connectivity index (χ3v) is 4.20. The molecular formula is C16H32N2O4. The summed E-state index contributed by atoms with van der Waals surface area (Å²) in [7, 11) is 0. The van der Waals surface area contributed by atoms with Crippen molar-refractivity contribution in [1.29, 1.82) is 0 Å². The Morgan fingerprint density at radius 1 is 1.18 bits per heavy atom. The first-order valence-electron chi connectivity index (χ1n) is 8.25. The van der Waals surface area contributed by atoms with Crippen molar-refractivity contribution in [3.05, 3.63) is 0 Å². The molecule has 0 bridgehead atoms. The largest absolute Gasteiger partial charge is 0.390 e. The van der Waals surface area contributed by atoms with E-state index in [4.69, 9.17) is 4.74 Å². The van der Waals surface area contributed by atoms with Gasteiger partial charge in [0.05, 0.1) is 25.9 Å². The van der Waals surface area contributed by atoms with Crippen LogP contribution in [-0.4, -0.2) is 83.1 Å². The predicted octanol–water partition coefficient (Wildman–Crippen LogP) is 0.322. The predicted molar refractivity (Wildman–Crippen MR) is 85.6 cm³/mol. The first-order chi connectivity index (χ1) is 10.3. The van der Waals surface area contributed by atoms with Crippen LogP contribution in [-0.2, 0) is 9.53 Å². The van der Waals surface area contributed by atoms with Crippen LogP contribution in [0.2, 0.25) is 0 Å². The van der Waals surface area contributed by atoms with E-state index in [0.29, 0.717) is 19.7 Å². The number of hydrogen-bond donors (Lipinski definition) is 2. The highest BCUT2D eigenvalue weighted by molar-refractivity contribution is 5.78. The van der Waals surface area contributed by atoms with Crippen molar-refractivity contribution >= 4 is 5.91 Å². The molecule has 1 aliphatic heterocycles. The summed E-state index contributed by atoms with van der Waals surface area (Å²) in [5.74, 6) is -0.0679. The van der Waals surface area contributed by atoms with Crippen LogP contribution in [0.3, 0.4) is 0 Å². The standard InChI is InChI=1S/C16H32N2O4/c1-6-17(7-13-9-22-10-14(19)16(13)21)8-15(20)18(11(2)3)12(4)5/h11-14,16,19,21H,6-10H2,1-5H3/t13-,14-,16+/m1/s1. The third-order valence-electron chi connectivity index (χ3n) is 4.20. The Hall–Kier alpha value is -0.690. The van der Waals surface area contributed by atoms with Crippen LogP contribution < -0.4 is 0 Å². The number of aliphatic hydroxyl groups is 2. The minimum atomic E-state index is -0.837. The maximum absolute atomic E-state index is 12.5. The lowest BCUT2D eigenvalue weighted by Gasteiger charge is -2.36. The zero-order chi connectivity index (χ0) is 16.9. The maximum Gasteiger partial charge on any atom is 0.237 e. The molecule has 1 rings (SSSR count). The molecule has 0 aromatic heterocycles. The third kappa shape index (κ3) is 5.19. The highest BCUT2D eigenvalue weighted by Gasteiger charge is 2.33. The molecular weight excluding hydrogens is 284 g/mol. The molecule has 0 saturated carbocycles. The molecule has 0 aromatic carbocycles. The molecule has 1 amide bonds. The lowest BCUT2D eigenvalue weighted by atomic mass is 9.96. The van der Waals surface area contributed by atoms with Gasteiger partial charge in [-0.25, -0.2) is 0 Å². The highest BCUT2D eigenvalue weighted by Crippen LogP contribution is 2.17. The Labute approximate surface area is 134 Å². The summed E-state index contributed by atoms with van der Waals surface area (Å²) in [6.07, 6.45) is -1.62. The first-order valence-corrected chi connectivity index (χ1v) is 8.25. The van der Waals surface area contributed by atoms with Crippen LogP contribution in [0, 0.1) is 5.92 Å². The summed E-state index contributed by atoms with van der Waals surface area (Å²) in [5, 5.41) is 19.7. The van der Waals surface area contributed by atoms with E-state index in [1.165, 1.54) is 0 Å². The molecule has 2 N–H and O–H groups in total. The van der Waals surface area contributed by atoms with Crippen molar-refractivity contribution in [2.45, 2.75) is 58.9 Å². The second-order valence-electron chi connectivity index (χ2n) is 6.67. The first kappa shape index (κ1) is 19.4. The molecule has 1 aliphatic rings. The number of ether oxygens (including phenoxy) is 1. The minimum Gasteiger partial charge on any atom is -0.390 e. The van der Waals surface area contributed by atoms with Gasteiger partial charge in [-0.1, -0.05) is 6.92 Å². The van der Waals surface area contributed by atoms with Crippen molar-refractivity contribution in [3.63, 3.8) is 0 Å². The Balaban J connectivity index is 2.62. The van der Waals surface area contributed by atoms with Crippen LogP contribution in [0.25, 0.3) is 0 Å². The zero-order valence-electron chi connectivity index (χ0n) is 14.5. The van der Waals surface area contributed by atoms with Crippen LogP contribution >= 0.6 is 0 Å². The Morgan fingerprint density at radius 2 is 1.77 bits per heavy atom. The molecule has 6 nitrogen and oxygen atoms in total. The van der Waals surface area contributed by atoms with Gasteiger partial charge in [0.1, 0.15) is 6.10 Å². The van der Waals surface area contributed by atoms with E-state index in [1.807, 2.05) is 44.4 Å². The molecule has 130 valence electrons. The summed E-state index contributed by atoms with van der Waals surface area (Å²) in [6, 6.07) is 0.327. The number of likely N-dealkylation sites (N-methyl/N-ethyl adjacent to an activating group) is 1. The number of carbonyl (C=O) groups excluding carboxylic acids is 1. The van der Waals surface area contributed by atoms with Crippen LogP contribution in [0.15, 0.2) is 0 Å². The molecule has 0 aromatic rings. The summed E-state index contributed by atoms with van der Waals surface area (Å²) in [5.41, 5.74) is 0. The van der Waals surface area contributed by atoms with E-state index in [2.05, 4.69) is 0 Å². The van der Waals surface area contributed by atoms with Gasteiger partial charge in [0.2, 0.25) is 5.91 Å². The molecule has 0 radical (unpaired) electrons. The molecule has 0 spiro atoms. The van der Waals surface area contributed by atoms with Crippen molar-refractivity contribution in [3.8, 4) is 0 Å². The van der Waals surface area contributed by atoms with Gasteiger partial charge in [-0.2, -0.15) is 0 Å². The number of nitrogens with zero attached hydrogens (tertiary/aromatic N) is 2. The molecule has 3 atom stereocenters. The van der Waals surface area contributed by atoms with Gasteiger partial charge < -0.3 is 19.8 Å². The number of amides is 1. The van der Waals surface area contributed by atoms with Crippen molar-refractivity contribution < 1.29 is 19.7 Å². The van der Waals surface area contributed by atoms with E-state index >= 15 is 0 Å². The molecule has 1 heterocycles. The fraction of sp³-hybridized carbons (Fsp3) is 0.938.